The zero-order chi connectivity index (χ0) is 20.6. The zero-order valence-electron chi connectivity index (χ0n) is 16.6. The first kappa shape index (κ1) is 20.3. The van der Waals surface area contributed by atoms with E-state index in [4.69, 9.17) is 4.52 Å². The molecule has 2 N–H and O–H groups in total. The predicted molar refractivity (Wildman–Crippen MR) is 110 cm³/mol. The van der Waals surface area contributed by atoms with Gasteiger partial charge in [0.15, 0.2) is 0 Å². The maximum atomic E-state index is 12.4. The van der Waals surface area contributed by atoms with Crippen molar-refractivity contribution >= 4 is 17.5 Å². The molecule has 0 bridgehead atoms. The smallest absolute Gasteiger partial charge is 0.253 e. The molecule has 0 aliphatic rings. The van der Waals surface area contributed by atoms with Crippen molar-refractivity contribution in [2.24, 2.45) is 0 Å². The van der Waals surface area contributed by atoms with Gasteiger partial charge in [-0.2, -0.15) is 4.98 Å². The Kier molecular flexibility index (Phi) is 6.73. The number of aryl methyl sites for hydroxylation is 2. The Labute approximate surface area is 169 Å². The number of rotatable bonds is 8. The van der Waals surface area contributed by atoms with Crippen LogP contribution in [0.1, 0.15) is 41.6 Å². The Morgan fingerprint density at radius 1 is 1.07 bits per heavy atom. The number of nitrogens with zero attached hydrogens (tertiary/aromatic N) is 2. The van der Waals surface area contributed by atoms with Crippen molar-refractivity contribution in [3.8, 4) is 11.4 Å². The molecular weight excluding hydrogens is 368 g/mol. The number of nitrogens with one attached hydrogen (secondary N) is 2. The van der Waals surface area contributed by atoms with Crippen molar-refractivity contribution in [1.82, 2.24) is 15.5 Å². The molecule has 0 aliphatic heterocycles. The molecular formula is C22H24N4O3. The number of carbonyl (C=O) groups is 2. The number of para-hydroxylation sites is 1. The lowest BCUT2D eigenvalue weighted by Crippen LogP contribution is -2.25. The molecule has 7 heteroatoms. The van der Waals surface area contributed by atoms with Crippen LogP contribution in [-0.4, -0.2) is 28.5 Å². The van der Waals surface area contributed by atoms with Crippen molar-refractivity contribution in [2.75, 3.05) is 11.9 Å². The second-order valence-corrected chi connectivity index (χ2v) is 6.73. The second kappa shape index (κ2) is 9.64. The minimum Gasteiger partial charge on any atom is -0.352 e. The van der Waals surface area contributed by atoms with Gasteiger partial charge in [-0.05, 0) is 25.5 Å². The molecule has 2 amide bonds. The third-order valence-corrected chi connectivity index (χ3v) is 4.33. The van der Waals surface area contributed by atoms with E-state index in [9.17, 15) is 9.59 Å². The highest BCUT2D eigenvalue weighted by molar-refractivity contribution is 6.03. The van der Waals surface area contributed by atoms with Gasteiger partial charge in [0.25, 0.3) is 5.91 Å². The summed E-state index contributed by atoms with van der Waals surface area (Å²) in [5.41, 5.74) is 2.94. The Morgan fingerprint density at radius 2 is 1.83 bits per heavy atom. The standard InChI is InChI=1S/C22H24N4O3/c1-3-14-23-22(28)17-6-4-5-7-18(17)24-19(27)12-13-20-25-21(26-29-20)16-10-8-15(2)9-11-16/h4-11H,3,12-14H2,1-2H3,(H,23,28)(H,24,27). The van der Waals surface area contributed by atoms with E-state index in [1.54, 1.807) is 24.3 Å². The predicted octanol–water partition coefficient (Wildman–Crippen LogP) is 3.76. The van der Waals surface area contributed by atoms with E-state index in [-0.39, 0.29) is 18.2 Å². The first-order valence-electron chi connectivity index (χ1n) is 9.63. The van der Waals surface area contributed by atoms with Gasteiger partial charge in [0, 0.05) is 24.9 Å². The molecule has 7 nitrogen and oxygen atoms in total. The van der Waals surface area contributed by atoms with Gasteiger partial charge in [0.2, 0.25) is 17.6 Å². The van der Waals surface area contributed by atoms with Crippen LogP contribution in [-0.2, 0) is 11.2 Å². The summed E-state index contributed by atoms with van der Waals surface area (Å²) in [7, 11) is 0. The molecule has 1 aromatic heterocycles. The van der Waals surface area contributed by atoms with Gasteiger partial charge >= 0.3 is 0 Å². The molecule has 29 heavy (non-hydrogen) atoms. The summed E-state index contributed by atoms with van der Waals surface area (Å²) in [5, 5.41) is 9.58. The van der Waals surface area contributed by atoms with E-state index in [1.165, 1.54) is 0 Å². The van der Waals surface area contributed by atoms with Crippen LogP contribution in [0.3, 0.4) is 0 Å². The third kappa shape index (κ3) is 5.51. The van der Waals surface area contributed by atoms with Gasteiger partial charge in [-0.3, -0.25) is 9.59 Å². The van der Waals surface area contributed by atoms with Gasteiger partial charge < -0.3 is 15.2 Å². The van der Waals surface area contributed by atoms with Crippen LogP contribution >= 0.6 is 0 Å². The fourth-order valence-electron chi connectivity index (χ4n) is 2.73. The van der Waals surface area contributed by atoms with Gasteiger partial charge in [0.1, 0.15) is 0 Å². The Balaban J connectivity index is 1.58. The van der Waals surface area contributed by atoms with Crippen LogP contribution in [0.25, 0.3) is 11.4 Å². The van der Waals surface area contributed by atoms with E-state index in [2.05, 4.69) is 20.8 Å². The van der Waals surface area contributed by atoms with E-state index in [1.807, 2.05) is 38.1 Å². The van der Waals surface area contributed by atoms with Crippen molar-refractivity contribution in [3.05, 3.63) is 65.5 Å². The van der Waals surface area contributed by atoms with E-state index >= 15 is 0 Å². The third-order valence-electron chi connectivity index (χ3n) is 4.33. The molecule has 0 fully saturated rings. The molecule has 0 unspecified atom stereocenters. The molecule has 0 radical (unpaired) electrons. The van der Waals surface area contributed by atoms with Gasteiger partial charge in [0.05, 0.1) is 11.3 Å². The van der Waals surface area contributed by atoms with E-state index in [0.29, 0.717) is 35.9 Å². The molecule has 0 saturated heterocycles. The molecule has 3 rings (SSSR count). The van der Waals surface area contributed by atoms with Crippen molar-refractivity contribution in [2.45, 2.75) is 33.1 Å². The highest BCUT2D eigenvalue weighted by atomic mass is 16.5. The van der Waals surface area contributed by atoms with Crippen LogP contribution in [0.5, 0.6) is 0 Å². The summed E-state index contributed by atoms with van der Waals surface area (Å²) in [6, 6.07) is 14.8. The minimum absolute atomic E-state index is 0.167. The molecule has 3 aromatic rings. The lowest BCUT2D eigenvalue weighted by molar-refractivity contribution is -0.116. The monoisotopic (exact) mass is 392 g/mol. The summed E-state index contributed by atoms with van der Waals surface area (Å²) >= 11 is 0. The SMILES string of the molecule is CCCNC(=O)c1ccccc1NC(=O)CCc1nc(-c2ccc(C)cc2)no1. The van der Waals surface area contributed by atoms with Crippen LogP contribution in [0.2, 0.25) is 0 Å². The number of aromatic nitrogens is 2. The Hall–Kier alpha value is -3.48. The quantitative estimate of drug-likeness (QED) is 0.608. The minimum atomic E-state index is -0.226. The average molecular weight is 392 g/mol. The lowest BCUT2D eigenvalue weighted by atomic mass is 10.1. The summed E-state index contributed by atoms with van der Waals surface area (Å²) in [6.07, 6.45) is 1.32. The van der Waals surface area contributed by atoms with Crippen LogP contribution in [0.15, 0.2) is 53.1 Å². The summed E-state index contributed by atoms with van der Waals surface area (Å²) in [6.45, 7) is 4.58. The number of hydrogen-bond donors (Lipinski definition) is 2. The zero-order valence-corrected chi connectivity index (χ0v) is 16.6. The molecule has 1 heterocycles. The average Bonchev–Trinajstić information content (AvgIpc) is 3.20. The molecule has 2 aromatic carbocycles. The lowest BCUT2D eigenvalue weighted by Gasteiger charge is -2.10. The van der Waals surface area contributed by atoms with Crippen LogP contribution < -0.4 is 10.6 Å². The highest BCUT2D eigenvalue weighted by Crippen LogP contribution is 2.18. The van der Waals surface area contributed by atoms with Crippen LogP contribution in [0, 0.1) is 6.92 Å². The van der Waals surface area contributed by atoms with E-state index < -0.39 is 0 Å². The Morgan fingerprint density at radius 3 is 2.59 bits per heavy atom. The van der Waals surface area contributed by atoms with Crippen molar-refractivity contribution in [1.29, 1.82) is 0 Å². The number of hydrogen-bond acceptors (Lipinski definition) is 5. The topological polar surface area (TPSA) is 97.1 Å². The van der Waals surface area contributed by atoms with Crippen molar-refractivity contribution in [3.63, 3.8) is 0 Å². The summed E-state index contributed by atoms with van der Waals surface area (Å²) in [4.78, 5) is 29.0. The van der Waals surface area contributed by atoms with Gasteiger partial charge in [-0.15, -0.1) is 0 Å². The van der Waals surface area contributed by atoms with Crippen LogP contribution in [0.4, 0.5) is 5.69 Å². The molecule has 0 saturated carbocycles. The van der Waals surface area contributed by atoms with E-state index in [0.717, 1.165) is 17.5 Å². The number of amides is 2. The fourth-order valence-corrected chi connectivity index (χ4v) is 2.73. The molecule has 0 atom stereocenters. The van der Waals surface area contributed by atoms with Gasteiger partial charge in [-0.25, -0.2) is 0 Å². The Bertz CT molecular complexity index is 980. The first-order valence-corrected chi connectivity index (χ1v) is 9.63. The second-order valence-electron chi connectivity index (χ2n) is 6.73. The fraction of sp³-hybridized carbons (Fsp3) is 0.273. The summed E-state index contributed by atoms with van der Waals surface area (Å²) in [5.74, 6) is 0.460. The number of carbonyl (C=O) groups excluding carboxylic acids is 2. The number of benzene rings is 2. The normalized spacial score (nSPS) is 10.6. The molecule has 150 valence electrons. The highest BCUT2D eigenvalue weighted by Gasteiger charge is 2.14. The molecule has 0 aliphatic carbocycles. The summed E-state index contributed by atoms with van der Waals surface area (Å²) < 4.78 is 5.25. The van der Waals surface area contributed by atoms with Gasteiger partial charge in [-0.1, -0.05) is 54.0 Å². The first-order chi connectivity index (χ1) is 14.1. The maximum Gasteiger partial charge on any atom is 0.253 e. The largest absolute Gasteiger partial charge is 0.352 e. The molecule has 0 spiro atoms. The maximum absolute atomic E-state index is 12.4. The number of anilines is 1. The van der Waals surface area contributed by atoms with Crippen molar-refractivity contribution < 1.29 is 14.1 Å².